The first kappa shape index (κ1) is 12.6. The molecule has 0 atom stereocenters. The van der Waals surface area contributed by atoms with Gasteiger partial charge in [-0.3, -0.25) is 15.0 Å². The van der Waals surface area contributed by atoms with E-state index in [4.69, 9.17) is 5.73 Å². The fraction of sp³-hybridized carbons (Fsp3) is 0. The molecule has 0 saturated heterocycles. The van der Waals surface area contributed by atoms with Crippen LogP contribution < -0.4 is 10.6 Å². The van der Waals surface area contributed by atoms with Crippen LogP contribution in [0.2, 0.25) is 0 Å². The summed E-state index contributed by atoms with van der Waals surface area (Å²) in [5.41, 5.74) is 6.15. The van der Waals surface area contributed by atoms with E-state index >= 15 is 0 Å². The molecule has 6 nitrogen and oxygen atoms in total. The Morgan fingerprint density at radius 1 is 1.05 bits per heavy atom. The Balaban J connectivity index is 2.49. The Morgan fingerprint density at radius 2 is 1.68 bits per heavy atom. The normalized spacial score (nSPS) is 9.89. The van der Waals surface area contributed by atoms with Crippen LogP contribution in [-0.4, -0.2) is 11.0 Å². The second-order valence-corrected chi connectivity index (χ2v) is 3.79. The number of carbonyl (C=O) groups is 1. The Morgan fingerprint density at radius 3 is 2.26 bits per heavy atom. The smallest absolute Gasteiger partial charge is 0.323 e. The molecule has 0 aromatic heterocycles. The molecule has 0 unspecified atom stereocenters. The predicted octanol–water partition coefficient (Wildman–Crippen LogP) is 2.81. The average Bonchev–Trinajstić information content (AvgIpc) is 2.40. The minimum atomic E-state index is -0.702. The molecule has 2 amide bonds. The quantitative estimate of drug-likeness (QED) is 0.677. The number of nitrogens with two attached hydrogens (primary N) is 1. The van der Waals surface area contributed by atoms with E-state index in [1.165, 1.54) is 23.1 Å². The molecular weight excluding hydrogens is 246 g/mol. The third kappa shape index (κ3) is 2.68. The Kier molecular flexibility index (Phi) is 3.42. The molecule has 6 heteroatoms. The molecule has 2 N–H and O–H groups in total. The van der Waals surface area contributed by atoms with Crippen molar-refractivity contribution in [3.05, 3.63) is 64.7 Å². The second-order valence-electron chi connectivity index (χ2n) is 3.79. The lowest BCUT2D eigenvalue weighted by molar-refractivity contribution is -0.384. The fourth-order valence-corrected chi connectivity index (χ4v) is 1.73. The number of nitro groups is 1. The van der Waals surface area contributed by atoms with Gasteiger partial charge in [0.15, 0.2) is 0 Å². The van der Waals surface area contributed by atoms with Gasteiger partial charge >= 0.3 is 6.03 Å². The largest absolute Gasteiger partial charge is 0.351 e. The SMILES string of the molecule is NC(=O)N(c1ccccc1)c1cccc([N+](=O)[O-])c1. The molecule has 0 aliphatic carbocycles. The number of anilines is 2. The maximum absolute atomic E-state index is 11.6. The monoisotopic (exact) mass is 257 g/mol. The highest BCUT2D eigenvalue weighted by molar-refractivity contribution is 5.98. The lowest BCUT2D eigenvalue weighted by Crippen LogP contribution is -2.31. The molecule has 0 aliphatic rings. The number of para-hydroxylation sites is 1. The van der Waals surface area contributed by atoms with E-state index in [1.54, 1.807) is 36.4 Å². The molecule has 0 spiro atoms. The summed E-state index contributed by atoms with van der Waals surface area (Å²) in [6.45, 7) is 0. The Hall–Kier alpha value is -2.89. The zero-order valence-electron chi connectivity index (χ0n) is 9.89. The molecule has 19 heavy (non-hydrogen) atoms. The van der Waals surface area contributed by atoms with E-state index in [-0.39, 0.29) is 5.69 Å². The van der Waals surface area contributed by atoms with Crippen molar-refractivity contribution in [2.75, 3.05) is 4.90 Å². The highest BCUT2D eigenvalue weighted by Crippen LogP contribution is 2.27. The van der Waals surface area contributed by atoms with Gasteiger partial charge in [-0.05, 0) is 18.2 Å². The summed E-state index contributed by atoms with van der Waals surface area (Å²) in [6.07, 6.45) is 0. The number of urea groups is 1. The van der Waals surface area contributed by atoms with Crippen molar-refractivity contribution in [3.63, 3.8) is 0 Å². The first-order valence-electron chi connectivity index (χ1n) is 5.48. The summed E-state index contributed by atoms with van der Waals surface area (Å²) in [6, 6.07) is 13.8. The number of amides is 2. The standard InChI is InChI=1S/C13H11N3O3/c14-13(17)15(10-5-2-1-3-6-10)11-7-4-8-12(9-11)16(18)19/h1-9H,(H2,14,17). The highest BCUT2D eigenvalue weighted by atomic mass is 16.6. The molecule has 2 aromatic rings. The number of nitrogens with zero attached hydrogens (tertiary/aromatic N) is 2. The molecule has 0 fully saturated rings. The molecule has 96 valence electrons. The molecule has 2 rings (SSSR count). The fourth-order valence-electron chi connectivity index (χ4n) is 1.73. The van der Waals surface area contributed by atoms with Crippen molar-refractivity contribution in [1.29, 1.82) is 0 Å². The van der Waals surface area contributed by atoms with Crippen LogP contribution >= 0.6 is 0 Å². The number of rotatable bonds is 3. The number of benzene rings is 2. The van der Waals surface area contributed by atoms with Gasteiger partial charge in [0.1, 0.15) is 0 Å². The number of hydrogen-bond donors (Lipinski definition) is 1. The summed E-state index contributed by atoms with van der Waals surface area (Å²) in [4.78, 5) is 23.0. The van der Waals surface area contributed by atoms with Gasteiger partial charge in [0.2, 0.25) is 0 Å². The van der Waals surface area contributed by atoms with Crippen molar-refractivity contribution in [2.24, 2.45) is 5.73 Å². The molecule has 0 radical (unpaired) electrons. The van der Waals surface area contributed by atoms with E-state index in [0.29, 0.717) is 11.4 Å². The third-order valence-corrected chi connectivity index (χ3v) is 2.53. The van der Waals surface area contributed by atoms with Gasteiger partial charge < -0.3 is 5.73 Å². The molecular formula is C13H11N3O3. The van der Waals surface area contributed by atoms with Crippen LogP contribution in [0.1, 0.15) is 0 Å². The van der Waals surface area contributed by atoms with Crippen LogP contribution in [0.3, 0.4) is 0 Å². The van der Waals surface area contributed by atoms with E-state index in [2.05, 4.69) is 0 Å². The van der Waals surface area contributed by atoms with Crippen LogP contribution in [-0.2, 0) is 0 Å². The number of non-ortho nitro benzene ring substituents is 1. The van der Waals surface area contributed by atoms with Crippen LogP contribution in [0, 0.1) is 10.1 Å². The summed E-state index contributed by atoms with van der Waals surface area (Å²) in [5.74, 6) is 0. The van der Waals surface area contributed by atoms with Gasteiger partial charge in [-0.15, -0.1) is 0 Å². The van der Waals surface area contributed by atoms with Crippen LogP contribution in [0.4, 0.5) is 21.9 Å². The zero-order chi connectivity index (χ0) is 13.8. The molecule has 0 saturated carbocycles. The van der Waals surface area contributed by atoms with Crippen molar-refractivity contribution in [3.8, 4) is 0 Å². The number of carbonyl (C=O) groups excluding carboxylic acids is 1. The van der Waals surface area contributed by atoms with Gasteiger partial charge in [-0.1, -0.05) is 24.3 Å². The van der Waals surface area contributed by atoms with Gasteiger partial charge in [-0.2, -0.15) is 0 Å². The van der Waals surface area contributed by atoms with Gasteiger partial charge in [-0.25, -0.2) is 4.79 Å². The number of primary amides is 1. The topological polar surface area (TPSA) is 89.5 Å². The highest BCUT2D eigenvalue weighted by Gasteiger charge is 2.17. The van der Waals surface area contributed by atoms with Crippen molar-refractivity contribution in [2.45, 2.75) is 0 Å². The third-order valence-electron chi connectivity index (χ3n) is 2.53. The van der Waals surface area contributed by atoms with Crippen molar-refractivity contribution < 1.29 is 9.72 Å². The molecule has 0 bridgehead atoms. The second kappa shape index (κ2) is 5.18. The first-order valence-corrected chi connectivity index (χ1v) is 5.48. The minimum absolute atomic E-state index is 0.0975. The lowest BCUT2D eigenvalue weighted by Gasteiger charge is -2.20. The molecule has 0 aliphatic heterocycles. The maximum Gasteiger partial charge on any atom is 0.323 e. The van der Waals surface area contributed by atoms with Gasteiger partial charge in [0, 0.05) is 12.1 Å². The summed E-state index contributed by atoms with van der Waals surface area (Å²) < 4.78 is 0. The summed E-state index contributed by atoms with van der Waals surface area (Å²) >= 11 is 0. The maximum atomic E-state index is 11.6. The Bertz CT molecular complexity index is 614. The summed E-state index contributed by atoms with van der Waals surface area (Å²) in [7, 11) is 0. The van der Waals surface area contributed by atoms with Crippen molar-refractivity contribution in [1.82, 2.24) is 0 Å². The Labute approximate surface area is 109 Å². The van der Waals surface area contributed by atoms with Crippen LogP contribution in [0.15, 0.2) is 54.6 Å². The molecule has 0 heterocycles. The predicted molar refractivity (Wildman–Crippen MR) is 71.3 cm³/mol. The van der Waals surface area contributed by atoms with E-state index in [0.717, 1.165) is 0 Å². The number of nitro benzene ring substituents is 1. The van der Waals surface area contributed by atoms with Crippen LogP contribution in [0.25, 0.3) is 0 Å². The van der Waals surface area contributed by atoms with E-state index in [9.17, 15) is 14.9 Å². The average molecular weight is 257 g/mol. The van der Waals surface area contributed by atoms with Gasteiger partial charge in [0.05, 0.1) is 16.3 Å². The molecule has 2 aromatic carbocycles. The first-order chi connectivity index (χ1) is 9.09. The van der Waals surface area contributed by atoms with E-state index < -0.39 is 11.0 Å². The summed E-state index contributed by atoms with van der Waals surface area (Å²) in [5, 5.41) is 10.8. The van der Waals surface area contributed by atoms with Crippen molar-refractivity contribution >= 4 is 23.1 Å². The van der Waals surface area contributed by atoms with Crippen LogP contribution in [0.5, 0.6) is 0 Å². The minimum Gasteiger partial charge on any atom is -0.351 e. The van der Waals surface area contributed by atoms with E-state index in [1.807, 2.05) is 0 Å². The van der Waals surface area contributed by atoms with Gasteiger partial charge in [0.25, 0.3) is 5.69 Å². The number of hydrogen-bond acceptors (Lipinski definition) is 3. The lowest BCUT2D eigenvalue weighted by atomic mass is 10.2. The zero-order valence-corrected chi connectivity index (χ0v) is 9.89.